The molecule has 0 spiro atoms. The summed E-state index contributed by atoms with van der Waals surface area (Å²) in [5.41, 5.74) is 1.10. The van der Waals surface area contributed by atoms with E-state index < -0.39 is 0 Å². The predicted molar refractivity (Wildman–Crippen MR) is 81.6 cm³/mol. The third kappa shape index (κ3) is 2.32. The van der Waals surface area contributed by atoms with E-state index in [0.717, 1.165) is 48.9 Å². The molecule has 1 aromatic carbocycles. The van der Waals surface area contributed by atoms with Crippen molar-refractivity contribution < 1.29 is 18.9 Å². The number of hydrogen-bond donors (Lipinski definition) is 0. The number of nitrogens with zero attached hydrogens (tertiary/aromatic N) is 1. The molecule has 2 unspecified atom stereocenters. The zero-order chi connectivity index (χ0) is 15.1. The zero-order valence-corrected chi connectivity index (χ0v) is 13.2. The lowest BCUT2D eigenvalue weighted by atomic mass is 9.96. The fourth-order valence-electron chi connectivity index (χ4n) is 3.71. The van der Waals surface area contributed by atoms with E-state index in [1.54, 1.807) is 0 Å². The molecule has 2 atom stereocenters. The van der Waals surface area contributed by atoms with Gasteiger partial charge in [0.1, 0.15) is 6.10 Å². The Hall–Kier alpha value is -1.46. The molecular weight excluding hydrogens is 282 g/mol. The first-order chi connectivity index (χ1) is 10.7. The van der Waals surface area contributed by atoms with Gasteiger partial charge in [-0.15, -0.1) is 0 Å². The second-order valence-electron chi connectivity index (χ2n) is 6.60. The van der Waals surface area contributed by atoms with Gasteiger partial charge in [-0.25, -0.2) is 0 Å². The lowest BCUT2D eigenvalue weighted by molar-refractivity contribution is -0.0775. The van der Waals surface area contributed by atoms with Crippen molar-refractivity contribution in [3.8, 4) is 17.2 Å². The van der Waals surface area contributed by atoms with Crippen LogP contribution in [0.1, 0.15) is 31.9 Å². The highest BCUT2D eigenvalue weighted by Crippen LogP contribution is 2.49. The van der Waals surface area contributed by atoms with Gasteiger partial charge in [0.2, 0.25) is 12.5 Å². The molecule has 1 saturated heterocycles. The predicted octanol–water partition coefficient (Wildman–Crippen LogP) is 2.60. The van der Waals surface area contributed by atoms with Crippen LogP contribution in [0.5, 0.6) is 17.2 Å². The molecule has 1 fully saturated rings. The summed E-state index contributed by atoms with van der Waals surface area (Å²) in [5, 5.41) is 0. The lowest BCUT2D eigenvalue weighted by Crippen LogP contribution is -2.48. The van der Waals surface area contributed by atoms with Gasteiger partial charge in [-0.1, -0.05) is 13.8 Å². The van der Waals surface area contributed by atoms with Crippen LogP contribution < -0.4 is 14.2 Å². The van der Waals surface area contributed by atoms with Crippen LogP contribution in [0.15, 0.2) is 12.1 Å². The van der Waals surface area contributed by atoms with E-state index >= 15 is 0 Å². The minimum atomic E-state index is 0.0551. The second-order valence-corrected chi connectivity index (χ2v) is 6.60. The summed E-state index contributed by atoms with van der Waals surface area (Å²) in [6.07, 6.45) is 1.03. The molecule has 0 amide bonds. The Morgan fingerprint density at radius 2 is 2.05 bits per heavy atom. The molecule has 0 saturated carbocycles. The van der Waals surface area contributed by atoms with E-state index in [1.165, 1.54) is 0 Å². The number of ether oxygens (including phenoxy) is 4. The van der Waals surface area contributed by atoms with E-state index in [-0.39, 0.29) is 12.9 Å². The molecule has 3 heterocycles. The van der Waals surface area contributed by atoms with Gasteiger partial charge in [0.25, 0.3) is 0 Å². The average Bonchev–Trinajstić information content (AvgIpc) is 2.89. The van der Waals surface area contributed by atoms with Gasteiger partial charge in [-0.3, -0.25) is 4.90 Å². The molecular formula is C17H23NO4. The van der Waals surface area contributed by atoms with E-state index in [4.69, 9.17) is 18.9 Å². The summed E-state index contributed by atoms with van der Waals surface area (Å²) in [6, 6.07) is 4.42. The molecule has 1 aromatic rings. The summed E-state index contributed by atoms with van der Waals surface area (Å²) < 4.78 is 23.2. The topological polar surface area (TPSA) is 40.2 Å². The highest BCUT2D eigenvalue weighted by molar-refractivity contribution is 5.58. The maximum Gasteiger partial charge on any atom is 0.231 e. The Labute approximate surface area is 131 Å². The molecule has 3 aliphatic rings. The minimum absolute atomic E-state index is 0.0551. The van der Waals surface area contributed by atoms with Crippen molar-refractivity contribution in [1.82, 2.24) is 4.90 Å². The van der Waals surface area contributed by atoms with Crippen molar-refractivity contribution in [3.63, 3.8) is 0 Å². The average molecular weight is 305 g/mol. The van der Waals surface area contributed by atoms with E-state index in [1.807, 2.05) is 6.07 Å². The Bertz CT molecular complexity index is 560. The number of benzene rings is 1. The van der Waals surface area contributed by atoms with Gasteiger partial charge >= 0.3 is 0 Å². The maximum absolute atomic E-state index is 6.14. The van der Waals surface area contributed by atoms with Gasteiger partial charge in [0.05, 0.1) is 13.2 Å². The van der Waals surface area contributed by atoms with Gasteiger partial charge < -0.3 is 18.9 Å². The first kappa shape index (κ1) is 14.2. The van der Waals surface area contributed by atoms with Crippen molar-refractivity contribution >= 4 is 0 Å². The fourth-order valence-corrected chi connectivity index (χ4v) is 3.71. The van der Waals surface area contributed by atoms with Crippen molar-refractivity contribution in [2.24, 2.45) is 5.92 Å². The molecule has 22 heavy (non-hydrogen) atoms. The molecule has 0 bridgehead atoms. The first-order valence-corrected chi connectivity index (χ1v) is 8.15. The largest absolute Gasteiger partial charge is 0.489 e. The summed E-state index contributed by atoms with van der Waals surface area (Å²) >= 11 is 0. The van der Waals surface area contributed by atoms with Crippen LogP contribution >= 0.6 is 0 Å². The fraction of sp³-hybridized carbons (Fsp3) is 0.647. The molecule has 0 N–H and O–H groups in total. The summed E-state index contributed by atoms with van der Waals surface area (Å²) in [4.78, 5) is 2.56. The third-order valence-electron chi connectivity index (χ3n) is 4.58. The molecule has 3 aliphatic heterocycles. The van der Waals surface area contributed by atoms with Crippen LogP contribution in [0.25, 0.3) is 0 Å². The summed E-state index contributed by atoms with van der Waals surface area (Å²) in [5.74, 6) is 2.97. The van der Waals surface area contributed by atoms with Crippen LogP contribution in [-0.4, -0.2) is 44.0 Å². The Kier molecular flexibility index (Phi) is 3.62. The summed E-state index contributed by atoms with van der Waals surface area (Å²) in [6.45, 7) is 8.36. The van der Waals surface area contributed by atoms with Crippen LogP contribution in [0, 0.1) is 5.92 Å². The van der Waals surface area contributed by atoms with E-state index in [0.29, 0.717) is 18.6 Å². The maximum atomic E-state index is 6.14. The van der Waals surface area contributed by atoms with Crippen molar-refractivity contribution in [3.05, 3.63) is 17.7 Å². The van der Waals surface area contributed by atoms with E-state index in [2.05, 4.69) is 24.8 Å². The molecule has 4 rings (SSSR count). The number of rotatable bonds is 2. The van der Waals surface area contributed by atoms with Crippen LogP contribution in [0.4, 0.5) is 0 Å². The van der Waals surface area contributed by atoms with Crippen molar-refractivity contribution in [1.29, 1.82) is 0 Å². The Balaban J connectivity index is 1.70. The summed E-state index contributed by atoms with van der Waals surface area (Å²) in [7, 11) is 0. The first-order valence-electron chi connectivity index (χ1n) is 8.15. The highest BCUT2D eigenvalue weighted by Gasteiger charge is 2.39. The SMILES string of the molecule is CC(C)CN1CCOC2c3ccc4c(c3OCCC21)OCO4. The molecule has 120 valence electrons. The molecule has 5 heteroatoms. The van der Waals surface area contributed by atoms with Crippen LogP contribution in [0.3, 0.4) is 0 Å². The van der Waals surface area contributed by atoms with Gasteiger partial charge in [-0.05, 0) is 24.5 Å². The standard InChI is InChI=1S/C17H23NO4/c1-11(2)9-18-6-8-20-15-12-3-4-14-17(22-10-21-14)16(12)19-7-5-13(15)18/h3-4,11,13,15H,5-10H2,1-2H3. The van der Waals surface area contributed by atoms with Crippen molar-refractivity contribution in [2.45, 2.75) is 32.4 Å². The quantitative estimate of drug-likeness (QED) is 0.840. The normalized spacial score (nSPS) is 27.0. The van der Waals surface area contributed by atoms with Gasteiger partial charge in [0.15, 0.2) is 11.5 Å². The second kappa shape index (κ2) is 5.63. The Morgan fingerprint density at radius 1 is 1.14 bits per heavy atom. The van der Waals surface area contributed by atoms with Crippen molar-refractivity contribution in [2.75, 3.05) is 33.1 Å². The Morgan fingerprint density at radius 3 is 2.91 bits per heavy atom. The smallest absolute Gasteiger partial charge is 0.231 e. The molecule has 5 nitrogen and oxygen atoms in total. The molecule has 0 radical (unpaired) electrons. The zero-order valence-electron chi connectivity index (χ0n) is 13.2. The van der Waals surface area contributed by atoms with Gasteiger partial charge in [0, 0.05) is 24.7 Å². The number of morpholine rings is 1. The third-order valence-corrected chi connectivity index (χ3v) is 4.58. The lowest BCUT2D eigenvalue weighted by Gasteiger charge is -2.41. The van der Waals surface area contributed by atoms with Gasteiger partial charge in [-0.2, -0.15) is 0 Å². The molecule has 0 aliphatic carbocycles. The number of fused-ring (bicyclic) bond motifs is 5. The van der Waals surface area contributed by atoms with Crippen LogP contribution in [0.2, 0.25) is 0 Å². The highest BCUT2D eigenvalue weighted by atomic mass is 16.7. The molecule has 0 aromatic heterocycles. The minimum Gasteiger partial charge on any atom is -0.489 e. The van der Waals surface area contributed by atoms with E-state index in [9.17, 15) is 0 Å². The van der Waals surface area contributed by atoms with Crippen LogP contribution in [-0.2, 0) is 4.74 Å². The number of hydrogen-bond acceptors (Lipinski definition) is 5. The monoisotopic (exact) mass is 305 g/mol.